The molecular formula is C17H15ClFN2O-. The number of halogens is 2. The van der Waals surface area contributed by atoms with Gasteiger partial charge in [0.2, 0.25) is 0 Å². The van der Waals surface area contributed by atoms with Crippen LogP contribution in [0.15, 0.2) is 65.3 Å². The molecule has 0 amide bonds. The molecule has 3 rings (SSSR count). The summed E-state index contributed by atoms with van der Waals surface area (Å²) in [5, 5.41) is 3.27. The summed E-state index contributed by atoms with van der Waals surface area (Å²) in [7, 11) is 0. The Kier molecular flexibility index (Phi) is 5.69. The molecule has 1 N–H and O–H groups in total. The highest BCUT2D eigenvalue weighted by atomic mass is 35.5. The molecule has 3 nitrogen and oxygen atoms in total. The molecule has 0 aliphatic carbocycles. The normalized spacial score (nSPS) is 10.2. The SMILES string of the molecule is Fc1ccccc1-c1ccc(CNCc2cccnc2)o1.[Cl-]. The zero-order valence-corrected chi connectivity index (χ0v) is 12.6. The highest BCUT2D eigenvalue weighted by molar-refractivity contribution is 5.58. The largest absolute Gasteiger partial charge is 1.00 e. The summed E-state index contributed by atoms with van der Waals surface area (Å²) >= 11 is 0. The Morgan fingerprint density at radius 3 is 2.64 bits per heavy atom. The molecule has 5 heteroatoms. The average Bonchev–Trinajstić information content (AvgIpc) is 2.97. The second kappa shape index (κ2) is 7.73. The van der Waals surface area contributed by atoms with Crippen LogP contribution in [-0.2, 0) is 13.1 Å². The van der Waals surface area contributed by atoms with Crippen molar-refractivity contribution in [1.29, 1.82) is 0 Å². The van der Waals surface area contributed by atoms with E-state index in [0.717, 1.165) is 11.3 Å². The molecule has 114 valence electrons. The fourth-order valence-electron chi connectivity index (χ4n) is 2.11. The van der Waals surface area contributed by atoms with E-state index in [1.807, 2.05) is 24.4 Å². The summed E-state index contributed by atoms with van der Waals surface area (Å²) in [4.78, 5) is 4.06. The Bertz CT molecular complexity index is 715. The molecule has 1 aromatic carbocycles. The molecule has 0 saturated carbocycles. The Morgan fingerprint density at radius 2 is 1.86 bits per heavy atom. The van der Waals surface area contributed by atoms with Crippen molar-refractivity contribution >= 4 is 0 Å². The van der Waals surface area contributed by atoms with Crippen molar-refractivity contribution in [3.63, 3.8) is 0 Å². The van der Waals surface area contributed by atoms with Crippen LogP contribution in [-0.4, -0.2) is 4.98 Å². The van der Waals surface area contributed by atoms with Crippen molar-refractivity contribution in [3.8, 4) is 11.3 Å². The summed E-state index contributed by atoms with van der Waals surface area (Å²) < 4.78 is 19.3. The molecule has 0 aliphatic rings. The van der Waals surface area contributed by atoms with Gasteiger partial charge in [0.05, 0.1) is 12.1 Å². The van der Waals surface area contributed by atoms with Gasteiger partial charge in [-0.1, -0.05) is 18.2 Å². The first-order valence-corrected chi connectivity index (χ1v) is 6.76. The Balaban J connectivity index is 0.00000176. The Labute approximate surface area is 134 Å². The first kappa shape index (κ1) is 16.2. The van der Waals surface area contributed by atoms with Crippen LogP contribution in [0.3, 0.4) is 0 Å². The van der Waals surface area contributed by atoms with E-state index in [4.69, 9.17) is 4.42 Å². The molecule has 0 bridgehead atoms. The minimum atomic E-state index is -0.276. The number of rotatable bonds is 5. The van der Waals surface area contributed by atoms with Gasteiger partial charge in [0.15, 0.2) is 0 Å². The number of furan rings is 1. The van der Waals surface area contributed by atoms with Crippen LogP contribution in [0, 0.1) is 5.82 Å². The van der Waals surface area contributed by atoms with Gasteiger partial charge in [-0.25, -0.2) is 4.39 Å². The molecule has 0 saturated heterocycles. The van der Waals surface area contributed by atoms with E-state index in [-0.39, 0.29) is 18.2 Å². The van der Waals surface area contributed by atoms with Crippen LogP contribution in [0.5, 0.6) is 0 Å². The fraction of sp³-hybridized carbons (Fsp3) is 0.118. The molecule has 0 radical (unpaired) electrons. The highest BCUT2D eigenvalue weighted by Gasteiger charge is 2.08. The number of hydrogen-bond donors (Lipinski definition) is 1. The number of hydrogen-bond acceptors (Lipinski definition) is 3. The number of nitrogens with zero attached hydrogens (tertiary/aromatic N) is 1. The van der Waals surface area contributed by atoms with Gasteiger partial charge < -0.3 is 22.1 Å². The first-order valence-electron chi connectivity index (χ1n) is 6.76. The molecule has 0 atom stereocenters. The van der Waals surface area contributed by atoms with E-state index in [1.54, 1.807) is 30.5 Å². The van der Waals surface area contributed by atoms with E-state index < -0.39 is 0 Å². The van der Waals surface area contributed by atoms with Gasteiger partial charge in [0.1, 0.15) is 17.3 Å². The van der Waals surface area contributed by atoms with Gasteiger partial charge in [0, 0.05) is 18.9 Å². The Hall–Kier alpha value is -2.17. The molecular weight excluding hydrogens is 303 g/mol. The zero-order chi connectivity index (χ0) is 14.5. The second-order valence-electron chi connectivity index (χ2n) is 4.71. The third-order valence-electron chi connectivity index (χ3n) is 3.15. The summed E-state index contributed by atoms with van der Waals surface area (Å²) in [6.07, 6.45) is 3.57. The maximum Gasteiger partial charge on any atom is 0.137 e. The van der Waals surface area contributed by atoms with Crippen LogP contribution in [0.25, 0.3) is 11.3 Å². The van der Waals surface area contributed by atoms with E-state index in [1.165, 1.54) is 6.07 Å². The fourth-order valence-corrected chi connectivity index (χ4v) is 2.11. The molecule has 2 heterocycles. The number of benzene rings is 1. The third-order valence-corrected chi connectivity index (χ3v) is 3.15. The van der Waals surface area contributed by atoms with Gasteiger partial charge in [-0.2, -0.15) is 0 Å². The highest BCUT2D eigenvalue weighted by Crippen LogP contribution is 2.24. The van der Waals surface area contributed by atoms with Crippen molar-refractivity contribution < 1.29 is 21.2 Å². The van der Waals surface area contributed by atoms with Crippen LogP contribution < -0.4 is 17.7 Å². The molecule has 22 heavy (non-hydrogen) atoms. The van der Waals surface area contributed by atoms with Crippen LogP contribution in [0.2, 0.25) is 0 Å². The lowest BCUT2D eigenvalue weighted by atomic mass is 10.1. The van der Waals surface area contributed by atoms with Gasteiger partial charge in [0.25, 0.3) is 0 Å². The third kappa shape index (κ3) is 3.93. The smallest absolute Gasteiger partial charge is 0.137 e. The number of aromatic nitrogens is 1. The molecule has 2 aromatic heterocycles. The lowest BCUT2D eigenvalue weighted by Gasteiger charge is -2.02. The van der Waals surface area contributed by atoms with Crippen molar-refractivity contribution in [2.75, 3.05) is 0 Å². The van der Waals surface area contributed by atoms with Crippen molar-refractivity contribution in [2.45, 2.75) is 13.1 Å². The quantitative estimate of drug-likeness (QED) is 0.755. The minimum Gasteiger partial charge on any atom is -1.00 e. The average molecular weight is 318 g/mol. The predicted octanol–water partition coefficient (Wildman–Crippen LogP) is 0.774. The minimum absolute atomic E-state index is 0. The van der Waals surface area contributed by atoms with E-state index in [9.17, 15) is 4.39 Å². The summed E-state index contributed by atoms with van der Waals surface area (Å²) in [5.74, 6) is 1.05. The first-order chi connectivity index (χ1) is 10.3. The summed E-state index contributed by atoms with van der Waals surface area (Å²) in [6.45, 7) is 1.30. The monoisotopic (exact) mass is 317 g/mol. The molecule has 0 spiro atoms. The van der Waals surface area contributed by atoms with Crippen LogP contribution >= 0.6 is 0 Å². The standard InChI is InChI=1S/C17H15FN2O.ClH/c18-16-6-2-1-5-15(16)17-8-7-14(21-17)12-20-11-13-4-3-9-19-10-13;/h1-10,20H,11-12H2;1H/p-1. The van der Waals surface area contributed by atoms with E-state index in [2.05, 4.69) is 10.3 Å². The van der Waals surface area contributed by atoms with Gasteiger partial charge in [-0.15, -0.1) is 0 Å². The van der Waals surface area contributed by atoms with Crippen molar-refractivity contribution in [2.24, 2.45) is 0 Å². The number of nitrogens with one attached hydrogen (secondary N) is 1. The van der Waals surface area contributed by atoms with E-state index >= 15 is 0 Å². The molecule has 0 aliphatic heterocycles. The van der Waals surface area contributed by atoms with Crippen LogP contribution in [0.1, 0.15) is 11.3 Å². The van der Waals surface area contributed by atoms with Crippen molar-refractivity contribution in [3.05, 3.63) is 78.1 Å². The maximum absolute atomic E-state index is 13.7. The lowest BCUT2D eigenvalue weighted by Crippen LogP contribution is -3.00. The maximum atomic E-state index is 13.7. The van der Waals surface area contributed by atoms with Gasteiger partial charge in [-0.3, -0.25) is 4.98 Å². The zero-order valence-electron chi connectivity index (χ0n) is 11.8. The predicted molar refractivity (Wildman–Crippen MR) is 78.9 cm³/mol. The van der Waals surface area contributed by atoms with E-state index in [0.29, 0.717) is 24.4 Å². The van der Waals surface area contributed by atoms with Crippen LogP contribution in [0.4, 0.5) is 4.39 Å². The lowest BCUT2D eigenvalue weighted by molar-refractivity contribution is -0.00000546. The summed E-state index contributed by atoms with van der Waals surface area (Å²) in [5.41, 5.74) is 1.59. The van der Waals surface area contributed by atoms with Crippen molar-refractivity contribution in [1.82, 2.24) is 10.3 Å². The second-order valence-corrected chi connectivity index (χ2v) is 4.71. The topological polar surface area (TPSA) is 38.1 Å². The molecule has 0 fully saturated rings. The Morgan fingerprint density at radius 1 is 1.00 bits per heavy atom. The van der Waals surface area contributed by atoms with Gasteiger partial charge in [-0.05, 0) is 35.9 Å². The number of pyridine rings is 1. The summed E-state index contributed by atoms with van der Waals surface area (Å²) in [6, 6.07) is 14.2. The molecule has 0 unspecified atom stereocenters. The molecule has 3 aromatic rings. The van der Waals surface area contributed by atoms with Gasteiger partial charge >= 0.3 is 0 Å².